The lowest BCUT2D eigenvalue weighted by molar-refractivity contribution is 0.0947. The lowest BCUT2D eigenvalue weighted by Crippen LogP contribution is -2.23. The van der Waals surface area contributed by atoms with E-state index in [1.807, 2.05) is 6.07 Å². The molecule has 0 fully saturated rings. The molecule has 0 radical (unpaired) electrons. The molecule has 0 saturated heterocycles. The van der Waals surface area contributed by atoms with Gasteiger partial charge in [0.2, 0.25) is 0 Å². The minimum atomic E-state index is -0.173. The summed E-state index contributed by atoms with van der Waals surface area (Å²) in [6, 6.07) is 8.82. The molecule has 1 aromatic carbocycles. The smallest absolute Gasteiger partial charge is 0.252 e. The van der Waals surface area contributed by atoms with Crippen LogP contribution in [0.2, 0.25) is 0 Å². The predicted molar refractivity (Wildman–Crippen MR) is 61.4 cm³/mol. The van der Waals surface area contributed by atoms with Crippen LogP contribution >= 0.6 is 12.6 Å². The molecule has 0 aliphatic carbocycles. The topological polar surface area (TPSA) is 55.1 Å². The molecule has 2 aromatic rings. The molecule has 5 heteroatoms. The summed E-state index contributed by atoms with van der Waals surface area (Å²) < 4.78 is 4.66. The molecular formula is C11H10N2O2S. The van der Waals surface area contributed by atoms with Crippen molar-refractivity contribution in [1.29, 1.82) is 0 Å². The van der Waals surface area contributed by atoms with Gasteiger partial charge in [0.15, 0.2) is 0 Å². The van der Waals surface area contributed by atoms with Gasteiger partial charge in [-0.15, -0.1) is 12.6 Å². The Kier molecular flexibility index (Phi) is 3.26. The predicted octanol–water partition coefficient (Wildman–Crippen LogP) is 1.89. The number of rotatable bonds is 3. The number of nitrogens with one attached hydrogen (secondary N) is 1. The zero-order valence-corrected chi connectivity index (χ0v) is 9.28. The molecule has 0 unspecified atom stereocenters. The van der Waals surface area contributed by atoms with Crippen molar-refractivity contribution >= 4 is 18.5 Å². The molecule has 0 aliphatic rings. The van der Waals surface area contributed by atoms with Crippen LogP contribution in [-0.4, -0.2) is 11.1 Å². The van der Waals surface area contributed by atoms with Crippen molar-refractivity contribution in [2.45, 2.75) is 11.4 Å². The third-order valence-electron chi connectivity index (χ3n) is 2.07. The zero-order valence-electron chi connectivity index (χ0n) is 8.38. The molecule has 16 heavy (non-hydrogen) atoms. The van der Waals surface area contributed by atoms with E-state index in [4.69, 9.17) is 0 Å². The molecule has 2 rings (SSSR count). The molecular weight excluding hydrogens is 224 g/mol. The second kappa shape index (κ2) is 4.85. The average molecular weight is 234 g/mol. The summed E-state index contributed by atoms with van der Waals surface area (Å²) >= 11 is 4.21. The normalized spacial score (nSPS) is 10.1. The Hall–Kier alpha value is -1.75. The van der Waals surface area contributed by atoms with E-state index in [9.17, 15) is 4.79 Å². The van der Waals surface area contributed by atoms with Crippen molar-refractivity contribution in [3.63, 3.8) is 0 Å². The third kappa shape index (κ3) is 2.43. The molecule has 1 N–H and O–H groups in total. The van der Waals surface area contributed by atoms with Gasteiger partial charge in [0.05, 0.1) is 12.1 Å². The van der Waals surface area contributed by atoms with Crippen LogP contribution in [0, 0.1) is 0 Å². The number of carbonyl (C=O) groups is 1. The maximum atomic E-state index is 11.7. The van der Waals surface area contributed by atoms with E-state index in [0.29, 0.717) is 22.7 Å². The first-order chi connectivity index (χ1) is 7.77. The van der Waals surface area contributed by atoms with E-state index in [1.54, 1.807) is 24.3 Å². The number of benzene rings is 1. The van der Waals surface area contributed by atoms with Gasteiger partial charge in [0.1, 0.15) is 12.0 Å². The van der Waals surface area contributed by atoms with Gasteiger partial charge in [-0.3, -0.25) is 4.79 Å². The standard InChI is InChI=1S/C11H10N2O2S/c14-11(9-3-1-2-4-10(9)16)12-7-8-5-6-15-13-8/h1-6,16H,7H2,(H,12,14). The van der Waals surface area contributed by atoms with Crippen LogP contribution in [0.1, 0.15) is 16.1 Å². The quantitative estimate of drug-likeness (QED) is 0.797. The highest BCUT2D eigenvalue weighted by molar-refractivity contribution is 7.80. The molecule has 0 atom stereocenters. The largest absolute Gasteiger partial charge is 0.364 e. The summed E-state index contributed by atoms with van der Waals surface area (Å²) in [7, 11) is 0. The van der Waals surface area contributed by atoms with E-state index in [2.05, 4.69) is 27.6 Å². The average Bonchev–Trinajstić information content (AvgIpc) is 2.79. The Labute approximate surface area is 98.1 Å². The summed E-state index contributed by atoms with van der Waals surface area (Å²) in [5.74, 6) is -0.173. The van der Waals surface area contributed by atoms with Gasteiger partial charge in [-0.1, -0.05) is 17.3 Å². The molecule has 4 nitrogen and oxygen atoms in total. The van der Waals surface area contributed by atoms with Crippen LogP contribution in [-0.2, 0) is 6.54 Å². The van der Waals surface area contributed by atoms with Gasteiger partial charge >= 0.3 is 0 Å². The van der Waals surface area contributed by atoms with Gasteiger partial charge in [-0.05, 0) is 12.1 Å². The summed E-state index contributed by atoms with van der Waals surface area (Å²) in [5.41, 5.74) is 1.24. The fourth-order valence-electron chi connectivity index (χ4n) is 1.26. The summed E-state index contributed by atoms with van der Waals surface area (Å²) in [4.78, 5) is 12.4. The lowest BCUT2D eigenvalue weighted by atomic mass is 10.2. The molecule has 0 saturated carbocycles. The van der Waals surface area contributed by atoms with Crippen LogP contribution < -0.4 is 5.32 Å². The number of hydrogen-bond acceptors (Lipinski definition) is 4. The van der Waals surface area contributed by atoms with E-state index in [0.717, 1.165) is 0 Å². The van der Waals surface area contributed by atoms with Crippen LogP contribution in [0.4, 0.5) is 0 Å². The van der Waals surface area contributed by atoms with Crippen molar-refractivity contribution in [3.8, 4) is 0 Å². The maximum Gasteiger partial charge on any atom is 0.252 e. The van der Waals surface area contributed by atoms with E-state index < -0.39 is 0 Å². The molecule has 0 aliphatic heterocycles. The first kappa shape index (κ1) is 10.8. The van der Waals surface area contributed by atoms with Crippen molar-refractivity contribution in [2.24, 2.45) is 0 Å². The number of carbonyl (C=O) groups excluding carboxylic acids is 1. The summed E-state index contributed by atoms with van der Waals surface area (Å²) in [6.45, 7) is 0.345. The van der Waals surface area contributed by atoms with Crippen LogP contribution in [0.5, 0.6) is 0 Å². The number of hydrogen-bond donors (Lipinski definition) is 2. The van der Waals surface area contributed by atoms with E-state index >= 15 is 0 Å². The maximum absolute atomic E-state index is 11.7. The third-order valence-corrected chi connectivity index (χ3v) is 2.46. The second-order valence-electron chi connectivity index (χ2n) is 3.19. The summed E-state index contributed by atoms with van der Waals surface area (Å²) in [5, 5.41) is 6.43. The first-order valence-electron chi connectivity index (χ1n) is 4.73. The van der Waals surface area contributed by atoms with Crippen LogP contribution in [0.15, 0.2) is 46.0 Å². The minimum Gasteiger partial charge on any atom is -0.364 e. The van der Waals surface area contributed by atoms with Gasteiger partial charge in [0.25, 0.3) is 5.91 Å². The number of aromatic nitrogens is 1. The zero-order chi connectivity index (χ0) is 11.4. The number of thiol groups is 1. The Bertz CT molecular complexity index is 482. The monoisotopic (exact) mass is 234 g/mol. The Morgan fingerprint density at radius 2 is 2.19 bits per heavy atom. The molecule has 0 bridgehead atoms. The van der Waals surface area contributed by atoms with E-state index in [1.165, 1.54) is 6.26 Å². The molecule has 1 aromatic heterocycles. The van der Waals surface area contributed by atoms with Gasteiger partial charge < -0.3 is 9.84 Å². The first-order valence-corrected chi connectivity index (χ1v) is 5.17. The van der Waals surface area contributed by atoms with Crippen molar-refractivity contribution < 1.29 is 9.32 Å². The fourth-order valence-corrected chi connectivity index (χ4v) is 1.52. The Balaban J connectivity index is 2.01. The molecule has 82 valence electrons. The molecule has 1 heterocycles. The van der Waals surface area contributed by atoms with E-state index in [-0.39, 0.29) is 5.91 Å². The second-order valence-corrected chi connectivity index (χ2v) is 3.67. The van der Waals surface area contributed by atoms with Crippen LogP contribution in [0.25, 0.3) is 0 Å². The highest BCUT2D eigenvalue weighted by Gasteiger charge is 2.08. The van der Waals surface area contributed by atoms with Gasteiger partial charge in [-0.2, -0.15) is 0 Å². The number of nitrogens with zero attached hydrogens (tertiary/aromatic N) is 1. The molecule has 0 spiro atoms. The van der Waals surface area contributed by atoms with Gasteiger partial charge in [0, 0.05) is 11.0 Å². The lowest BCUT2D eigenvalue weighted by Gasteiger charge is -2.04. The van der Waals surface area contributed by atoms with Crippen molar-refractivity contribution in [3.05, 3.63) is 47.9 Å². The SMILES string of the molecule is O=C(NCc1ccon1)c1ccccc1S. The van der Waals surface area contributed by atoms with Crippen molar-refractivity contribution in [2.75, 3.05) is 0 Å². The minimum absolute atomic E-state index is 0.173. The van der Waals surface area contributed by atoms with Crippen molar-refractivity contribution in [1.82, 2.24) is 10.5 Å². The summed E-state index contributed by atoms with van der Waals surface area (Å²) in [6.07, 6.45) is 1.47. The molecule has 1 amide bonds. The Morgan fingerprint density at radius 3 is 2.88 bits per heavy atom. The highest BCUT2D eigenvalue weighted by atomic mass is 32.1. The number of amides is 1. The highest BCUT2D eigenvalue weighted by Crippen LogP contribution is 2.12. The van der Waals surface area contributed by atoms with Gasteiger partial charge in [-0.25, -0.2) is 0 Å². The fraction of sp³-hybridized carbons (Fsp3) is 0.0909. The Morgan fingerprint density at radius 1 is 1.38 bits per heavy atom. The van der Waals surface area contributed by atoms with Crippen LogP contribution in [0.3, 0.4) is 0 Å².